The third-order valence-electron chi connectivity index (χ3n) is 2.91. The van der Waals surface area contributed by atoms with Crippen molar-refractivity contribution in [3.8, 4) is 6.07 Å². The lowest BCUT2D eigenvalue weighted by Crippen LogP contribution is -2.18. The molecule has 0 spiro atoms. The summed E-state index contributed by atoms with van der Waals surface area (Å²) < 4.78 is 0. The van der Waals surface area contributed by atoms with Gasteiger partial charge in [0.2, 0.25) is 0 Å². The molecule has 0 bridgehead atoms. The molecule has 0 fully saturated rings. The Hall–Kier alpha value is -2.34. The van der Waals surface area contributed by atoms with Gasteiger partial charge in [0.25, 0.3) is 0 Å². The highest BCUT2D eigenvalue weighted by Crippen LogP contribution is 2.29. The fourth-order valence-corrected chi connectivity index (χ4v) is 2.04. The zero-order valence-corrected chi connectivity index (χ0v) is 10.6. The molecular weight excluding hydrogens is 222 g/mol. The predicted octanol–water partition coefficient (Wildman–Crippen LogP) is 3.42. The highest BCUT2D eigenvalue weighted by atomic mass is 15.1. The number of pyridine rings is 1. The molecule has 1 heterocycles. The van der Waals surface area contributed by atoms with Gasteiger partial charge < -0.3 is 4.90 Å². The first-order chi connectivity index (χ1) is 8.77. The van der Waals surface area contributed by atoms with Gasteiger partial charge >= 0.3 is 0 Å². The Labute approximate surface area is 107 Å². The van der Waals surface area contributed by atoms with Crippen LogP contribution in [0.3, 0.4) is 0 Å². The summed E-state index contributed by atoms with van der Waals surface area (Å²) >= 11 is 0. The molecule has 0 saturated heterocycles. The predicted molar refractivity (Wildman–Crippen MR) is 72.8 cm³/mol. The second kappa shape index (κ2) is 5.33. The Kier molecular flexibility index (Phi) is 3.59. The van der Waals surface area contributed by atoms with Crippen molar-refractivity contribution in [2.24, 2.45) is 0 Å². The number of rotatable bonds is 3. The normalized spacial score (nSPS) is 9.83. The van der Waals surface area contributed by atoms with Crippen LogP contribution in [0.2, 0.25) is 0 Å². The van der Waals surface area contributed by atoms with Crippen LogP contribution in [-0.4, -0.2) is 11.5 Å². The van der Waals surface area contributed by atoms with E-state index in [9.17, 15) is 0 Å². The van der Waals surface area contributed by atoms with Crippen molar-refractivity contribution in [3.05, 3.63) is 53.9 Å². The summed E-state index contributed by atoms with van der Waals surface area (Å²) in [6, 6.07) is 14.1. The molecule has 0 saturated carbocycles. The van der Waals surface area contributed by atoms with Gasteiger partial charge in [-0.1, -0.05) is 18.2 Å². The Bertz CT molecular complexity index is 584. The van der Waals surface area contributed by atoms with E-state index in [4.69, 9.17) is 5.26 Å². The molecular formula is C15H15N3. The zero-order chi connectivity index (χ0) is 13.0. The standard InChI is InChI=1S/C15H15N3/c1-3-18(14-8-5-4-7-12(14)2)15-9-6-10-17-13(15)11-16/h4-10H,3H2,1-2H3. The van der Waals surface area contributed by atoms with Crippen LogP contribution in [0.15, 0.2) is 42.6 Å². The van der Waals surface area contributed by atoms with Gasteiger partial charge in [0.05, 0.1) is 5.69 Å². The van der Waals surface area contributed by atoms with Gasteiger partial charge in [-0.25, -0.2) is 4.98 Å². The number of aryl methyl sites for hydroxylation is 1. The summed E-state index contributed by atoms with van der Waals surface area (Å²) in [5, 5.41) is 9.14. The van der Waals surface area contributed by atoms with Crippen LogP contribution in [-0.2, 0) is 0 Å². The van der Waals surface area contributed by atoms with Crippen molar-refractivity contribution in [1.29, 1.82) is 5.26 Å². The van der Waals surface area contributed by atoms with E-state index >= 15 is 0 Å². The van der Waals surface area contributed by atoms with E-state index in [0.717, 1.165) is 17.9 Å². The number of hydrogen-bond donors (Lipinski definition) is 0. The molecule has 1 aromatic carbocycles. The lowest BCUT2D eigenvalue weighted by atomic mass is 10.1. The van der Waals surface area contributed by atoms with Crippen LogP contribution in [0.5, 0.6) is 0 Å². The maximum atomic E-state index is 9.14. The fraction of sp³-hybridized carbons (Fsp3) is 0.200. The van der Waals surface area contributed by atoms with E-state index in [-0.39, 0.29) is 0 Å². The second-order valence-electron chi connectivity index (χ2n) is 4.01. The molecule has 0 radical (unpaired) electrons. The van der Waals surface area contributed by atoms with Gasteiger partial charge in [-0.15, -0.1) is 0 Å². The maximum Gasteiger partial charge on any atom is 0.164 e. The third-order valence-corrected chi connectivity index (χ3v) is 2.91. The molecule has 90 valence electrons. The van der Waals surface area contributed by atoms with Gasteiger partial charge in [-0.05, 0) is 37.6 Å². The molecule has 0 atom stereocenters. The third kappa shape index (κ3) is 2.18. The summed E-state index contributed by atoms with van der Waals surface area (Å²) in [7, 11) is 0. The van der Waals surface area contributed by atoms with Crippen LogP contribution < -0.4 is 4.90 Å². The monoisotopic (exact) mass is 237 g/mol. The highest BCUT2D eigenvalue weighted by molar-refractivity contribution is 5.69. The summed E-state index contributed by atoms with van der Waals surface area (Å²) in [4.78, 5) is 6.23. The van der Waals surface area contributed by atoms with Gasteiger partial charge in [0.1, 0.15) is 6.07 Å². The molecule has 0 amide bonds. The van der Waals surface area contributed by atoms with Crippen molar-refractivity contribution in [1.82, 2.24) is 4.98 Å². The topological polar surface area (TPSA) is 39.9 Å². The Balaban J connectivity index is 2.53. The number of nitriles is 1. The molecule has 3 nitrogen and oxygen atoms in total. The molecule has 1 aromatic heterocycles. The van der Waals surface area contributed by atoms with E-state index in [2.05, 4.69) is 41.9 Å². The SMILES string of the molecule is CCN(c1ccccc1C)c1cccnc1C#N. The van der Waals surface area contributed by atoms with Gasteiger partial charge in [0.15, 0.2) is 5.69 Å². The number of nitrogens with zero attached hydrogens (tertiary/aromatic N) is 3. The van der Waals surface area contributed by atoms with Gasteiger partial charge in [0, 0.05) is 18.4 Å². The molecule has 0 unspecified atom stereocenters. The van der Waals surface area contributed by atoms with Crippen molar-refractivity contribution >= 4 is 11.4 Å². The molecule has 0 aliphatic carbocycles. The van der Waals surface area contributed by atoms with Crippen molar-refractivity contribution < 1.29 is 0 Å². The van der Waals surface area contributed by atoms with Crippen LogP contribution in [0.4, 0.5) is 11.4 Å². The van der Waals surface area contributed by atoms with Crippen LogP contribution in [0.1, 0.15) is 18.2 Å². The van der Waals surface area contributed by atoms with Crippen LogP contribution in [0, 0.1) is 18.3 Å². The molecule has 2 rings (SSSR count). The van der Waals surface area contributed by atoms with E-state index < -0.39 is 0 Å². The van der Waals surface area contributed by atoms with E-state index in [1.807, 2.05) is 24.3 Å². The summed E-state index contributed by atoms with van der Waals surface area (Å²) in [5.41, 5.74) is 3.62. The average molecular weight is 237 g/mol. The first-order valence-corrected chi connectivity index (χ1v) is 5.96. The maximum absolute atomic E-state index is 9.14. The van der Waals surface area contributed by atoms with Crippen LogP contribution >= 0.6 is 0 Å². The number of para-hydroxylation sites is 1. The summed E-state index contributed by atoms with van der Waals surface area (Å²) in [6.45, 7) is 4.94. The molecule has 0 N–H and O–H groups in total. The Morgan fingerprint density at radius 3 is 2.56 bits per heavy atom. The van der Waals surface area contributed by atoms with E-state index in [1.165, 1.54) is 5.56 Å². The van der Waals surface area contributed by atoms with Crippen molar-refractivity contribution in [3.63, 3.8) is 0 Å². The smallest absolute Gasteiger partial charge is 0.164 e. The number of benzene rings is 1. The van der Waals surface area contributed by atoms with Crippen LogP contribution in [0.25, 0.3) is 0 Å². The summed E-state index contributed by atoms with van der Waals surface area (Å²) in [6.07, 6.45) is 1.65. The number of aromatic nitrogens is 1. The lowest BCUT2D eigenvalue weighted by molar-refractivity contribution is 1.00. The number of anilines is 2. The van der Waals surface area contributed by atoms with Gasteiger partial charge in [-0.3, -0.25) is 0 Å². The van der Waals surface area contributed by atoms with Crippen molar-refractivity contribution in [2.75, 3.05) is 11.4 Å². The zero-order valence-electron chi connectivity index (χ0n) is 10.6. The first-order valence-electron chi connectivity index (χ1n) is 5.96. The average Bonchev–Trinajstić information content (AvgIpc) is 2.42. The van der Waals surface area contributed by atoms with Gasteiger partial charge in [-0.2, -0.15) is 5.26 Å². The fourth-order valence-electron chi connectivity index (χ4n) is 2.04. The highest BCUT2D eigenvalue weighted by Gasteiger charge is 2.13. The lowest BCUT2D eigenvalue weighted by Gasteiger charge is -2.25. The molecule has 0 aliphatic heterocycles. The van der Waals surface area contributed by atoms with E-state index in [0.29, 0.717) is 5.69 Å². The second-order valence-corrected chi connectivity index (χ2v) is 4.01. The molecule has 3 heteroatoms. The largest absolute Gasteiger partial charge is 0.339 e. The molecule has 2 aromatic rings. The molecule has 18 heavy (non-hydrogen) atoms. The Morgan fingerprint density at radius 1 is 1.17 bits per heavy atom. The first kappa shape index (κ1) is 12.1. The minimum Gasteiger partial charge on any atom is -0.339 e. The quantitative estimate of drug-likeness (QED) is 0.821. The van der Waals surface area contributed by atoms with Crippen molar-refractivity contribution in [2.45, 2.75) is 13.8 Å². The summed E-state index contributed by atoms with van der Waals surface area (Å²) in [5.74, 6) is 0. The Morgan fingerprint density at radius 2 is 1.89 bits per heavy atom. The minimum atomic E-state index is 0.461. The minimum absolute atomic E-state index is 0.461. The molecule has 0 aliphatic rings. The number of hydrogen-bond acceptors (Lipinski definition) is 3. The van der Waals surface area contributed by atoms with E-state index in [1.54, 1.807) is 6.20 Å².